The van der Waals surface area contributed by atoms with Gasteiger partial charge in [0.05, 0.1) is 0 Å². The van der Waals surface area contributed by atoms with Gasteiger partial charge in [-0.1, -0.05) is 103 Å². The molecule has 0 aliphatic rings. The van der Waals surface area contributed by atoms with Crippen molar-refractivity contribution in [3.8, 4) is 11.1 Å². The van der Waals surface area contributed by atoms with E-state index in [1.807, 2.05) is 34.8 Å². The molecule has 3 aromatic heterocycles. The largest absolute Gasteiger partial charge is 0.456 e. The van der Waals surface area contributed by atoms with E-state index in [4.69, 9.17) is 4.42 Å². The van der Waals surface area contributed by atoms with Crippen molar-refractivity contribution < 1.29 is 4.42 Å². The van der Waals surface area contributed by atoms with E-state index in [-0.39, 0.29) is 0 Å². The Labute approximate surface area is 295 Å². The lowest BCUT2D eigenvalue weighted by atomic mass is 9.98. The summed E-state index contributed by atoms with van der Waals surface area (Å²) >= 11 is 3.74. The molecule has 0 N–H and O–H groups in total. The van der Waals surface area contributed by atoms with Crippen LogP contribution in [0.4, 0.5) is 17.1 Å². The van der Waals surface area contributed by atoms with Gasteiger partial charge in [-0.2, -0.15) is 0 Å². The molecule has 3 heterocycles. The van der Waals surface area contributed by atoms with E-state index in [2.05, 4.69) is 157 Å². The van der Waals surface area contributed by atoms with E-state index in [1.54, 1.807) is 0 Å². The fourth-order valence-electron chi connectivity index (χ4n) is 7.74. The summed E-state index contributed by atoms with van der Waals surface area (Å²) in [6.45, 7) is 0. The first-order valence-corrected chi connectivity index (χ1v) is 18.5. The van der Waals surface area contributed by atoms with Crippen molar-refractivity contribution in [2.75, 3.05) is 4.90 Å². The van der Waals surface area contributed by atoms with Crippen LogP contribution in [0.3, 0.4) is 0 Å². The fraction of sp³-hybridized carbons (Fsp3) is 0. The van der Waals surface area contributed by atoms with Gasteiger partial charge in [-0.3, -0.25) is 0 Å². The highest BCUT2D eigenvalue weighted by atomic mass is 32.1. The summed E-state index contributed by atoms with van der Waals surface area (Å²) in [4.78, 5) is 2.38. The lowest BCUT2D eigenvalue weighted by Gasteiger charge is -2.26. The quantitative estimate of drug-likeness (QED) is 0.185. The second-order valence-electron chi connectivity index (χ2n) is 12.9. The minimum absolute atomic E-state index is 0.897. The highest BCUT2D eigenvalue weighted by molar-refractivity contribution is 7.27. The third-order valence-corrected chi connectivity index (χ3v) is 12.4. The van der Waals surface area contributed by atoms with Gasteiger partial charge in [-0.15, -0.1) is 22.7 Å². The predicted octanol–water partition coefficient (Wildman–Crippen LogP) is 14.6. The molecule has 2 nitrogen and oxygen atoms in total. The maximum absolute atomic E-state index is 6.22. The molecular weight excluding hydrogens is 647 g/mol. The van der Waals surface area contributed by atoms with Gasteiger partial charge >= 0.3 is 0 Å². The number of hydrogen-bond acceptors (Lipinski definition) is 4. The number of nitrogens with zero attached hydrogens (tertiary/aromatic N) is 1. The van der Waals surface area contributed by atoms with E-state index in [0.29, 0.717) is 0 Å². The van der Waals surface area contributed by atoms with Gasteiger partial charge in [0.1, 0.15) is 11.2 Å². The minimum atomic E-state index is 0.897. The first kappa shape index (κ1) is 28.0. The smallest absolute Gasteiger partial charge is 0.135 e. The monoisotopic (exact) mass is 673 g/mol. The normalized spacial score (nSPS) is 12.0. The zero-order valence-corrected chi connectivity index (χ0v) is 28.4. The van der Waals surface area contributed by atoms with E-state index in [9.17, 15) is 0 Å². The van der Waals surface area contributed by atoms with E-state index in [0.717, 1.165) is 39.0 Å². The van der Waals surface area contributed by atoms with Gasteiger partial charge in [0, 0.05) is 68.2 Å². The summed E-state index contributed by atoms with van der Waals surface area (Å²) in [5, 5.41) is 10.1. The number of anilines is 3. The van der Waals surface area contributed by atoms with Crippen molar-refractivity contribution >= 4 is 113 Å². The lowest BCUT2D eigenvalue weighted by molar-refractivity contribution is 0.669. The highest BCUT2D eigenvalue weighted by Crippen LogP contribution is 2.45. The summed E-state index contributed by atoms with van der Waals surface area (Å²) in [5.41, 5.74) is 7.61. The molecule has 11 rings (SSSR count). The highest BCUT2D eigenvalue weighted by Gasteiger charge is 2.18. The molecule has 0 fully saturated rings. The summed E-state index contributed by atoms with van der Waals surface area (Å²) < 4.78 is 11.5. The Morgan fingerprint density at radius 3 is 2.00 bits per heavy atom. The van der Waals surface area contributed by atoms with Crippen molar-refractivity contribution in [3.63, 3.8) is 0 Å². The predicted molar refractivity (Wildman–Crippen MR) is 217 cm³/mol. The molecule has 0 bridgehead atoms. The zero-order chi connectivity index (χ0) is 32.8. The maximum atomic E-state index is 6.22. The van der Waals surface area contributed by atoms with E-state index in [1.165, 1.54) is 62.2 Å². The Balaban J connectivity index is 1.08. The third kappa shape index (κ3) is 4.19. The van der Waals surface area contributed by atoms with Crippen molar-refractivity contribution in [3.05, 3.63) is 164 Å². The number of para-hydroxylation sites is 1. The van der Waals surface area contributed by atoms with E-state index < -0.39 is 0 Å². The Bertz CT molecular complexity index is 3110. The van der Waals surface area contributed by atoms with Gasteiger partial charge in [0.15, 0.2) is 0 Å². The van der Waals surface area contributed by atoms with Crippen LogP contribution in [0, 0.1) is 0 Å². The molecule has 0 aliphatic carbocycles. The molecule has 0 unspecified atom stereocenters. The van der Waals surface area contributed by atoms with Gasteiger partial charge in [0.25, 0.3) is 0 Å². The molecule has 11 aromatic rings. The van der Waals surface area contributed by atoms with Gasteiger partial charge in [-0.25, -0.2) is 0 Å². The first-order valence-electron chi connectivity index (χ1n) is 16.8. The summed E-state index contributed by atoms with van der Waals surface area (Å²) in [6.07, 6.45) is 0. The second-order valence-corrected chi connectivity index (χ2v) is 15.0. The Morgan fingerprint density at radius 1 is 0.400 bits per heavy atom. The molecular formula is C46H27NOS2. The summed E-state index contributed by atoms with van der Waals surface area (Å²) in [6, 6.07) is 59.5. The third-order valence-electron chi connectivity index (χ3n) is 10.1. The molecule has 234 valence electrons. The Morgan fingerprint density at radius 2 is 1.08 bits per heavy atom. The van der Waals surface area contributed by atoms with Crippen LogP contribution in [0.2, 0.25) is 0 Å². The number of thiophene rings is 2. The average Bonchev–Trinajstić information content (AvgIpc) is 3.86. The van der Waals surface area contributed by atoms with Crippen molar-refractivity contribution in [2.45, 2.75) is 0 Å². The molecule has 0 aliphatic heterocycles. The van der Waals surface area contributed by atoms with Crippen LogP contribution in [0.15, 0.2) is 168 Å². The summed E-state index contributed by atoms with van der Waals surface area (Å²) in [7, 11) is 0. The van der Waals surface area contributed by atoms with E-state index >= 15 is 0 Å². The van der Waals surface area contributed by atoms with Crippen molar-refractivity contribution in [1.29, 1.82) is 0 Å². The Hall–Kier alpha value is -5.94. The lowest BCUT2D eigenvalue weighted by Crippen LogP contribution is -2.09. The minimum Gasteiger partial charge on any atom is -0.456 e. The van der Waals surface area contributed by atoms with Crippen LogP contribution in [0.25, 0.3) is 84.2 Å². The molecule has 4 heteroatoms. The second kappa shape index (κ2) is 10.8. The molecule has 8 aromatic carbocycles. The maximum Gasteiger partial charge on any atom is 0.135 e. The zero-order valence-electron chi connectivity index (χ0n) is 26.8. The van der Waals surface area contributed by atoms with Gasteiger partial charge in [0.2, 0.25) is 0 Å². The number of fused-ring (bicyclic) bond motifs is 11. The van der Waals surface area contributed by atoms with Crippen molar-refractivity contribution in [2.24, 2.45) is 0 Å². The molecule has 0 atom stereocenters. The van der Waals surface area contributed by atoms with Crippen molar-refractivity contribution in [1.82, 2.24) is 0 Å². The number of benzene rings is 8. The molecule has 0 saturated heterocycles. The number of hydrogen-bond donors (Lipinski definition) is 0. The standard InChI is InChI=1S/C46H27NOS2/c1-2-9-34-28(8-1)18-23-38-45-33(12-7-15-43(45)50-46(34)38)29-16-19-30(20-17-29)47(31-22-25-41-39(26-31)35-10-3-5-13-40(35)48-41)32-21-24-37-36-11-4-6-14-42(36)49-44(37)27-32/h1-27H. The van der Waals surface area contributed by atoms with Gasteiger partial charge in [-0.05, 0) is 82.6 Å². The number of furan rings is 1. The molecule has 0 amide bonds. The molecule has 0 saturated carbocycles. The van der Waals surface area contributed by atoms with Gasteiger partial charge < -0.3 is 9.32 Å². The summed E-state index contributed by atoms with van der Waals surface area (Å²) in [5.74, 6) is 0. The topological polar surface area (TPSA) is 16.4 Å². The van der Waals surface area contributed by atoms with Crippen LogP contribution < -0.4 is 4.90 Å². The number of rotatable bonds is 4. The van der Waals surface area contributed by atoms with Crippen LogP contribution >= 0.6 is 22.7 Å². The van der Waals surface area contributed by atoms with Crippen LogP contribution in [0.5, 0.6) is 0 Å². The molecule has 0 radical (unpaired) electrons. The average molecular weight is 674 g/mol. The fourth-order valence-corrected chi connectivity index (χ4v) is 10.1. The van der Waals surface area contributed by atoms with Crippen LogP contribution in [0.1, 0.15) is 0 Å². The van der Waals surface area contributed by atoms with Crippen LogP contribution in [-0.2, 0) is 0 Å². The van der Waals surface area contributed by atoms with Crippen LogP contribution in [-0.4, -0.2) is 0 Å². The molecule has 50 heavy (non-hydrogen) atoms. The molecule has 0 spiro atoms. The Kier molecular flexibility index (Phi) is 6.03. The first-order chi connectivity index (χ1) is 24.8. The SMILES string of the molecule is c1ccc2c(c1)ccc1c2sc2cccc(-c3ccc(N(c4ccc5c(c4)sc4ccccc45)c4ccc5oc6ccccc6c5c4)cc3)c21.